The first-order valence-electron chi connectivity index (χ1n) is 9.12. The second-order valence-corrected chi connectivity index (χ2v) is 6.89. The molecule has 3 aromatic rings. The molecular formula is C23H16F2N2O3. The Morgan fingerprint density at radius 3 is 2.37 bits per heavy atom. The summed E-state index contributed by atoms with van der Waals surface area (Å²) in [4.78, 5) is 31.0. The summed E-state index contributed by atoms with van der Waals surface area (Å²) in [6.07, 6.45) is 1.48. The predicted octanol–water partition coefficient (Wildman–Crippen LogP) is 4.29. The lowest BCUT2D eigenvalue weighted by Crippen LogP contribution is -2.30. The molecule has 4 rings (SSSR count). The van der Waals surface area contributed by atoms with E-state index in [-0.39, 0.29) is 17.0 Å². The Hall–Kier alpha value is -3.87. The topological polar surface area (TPSA) is 70.5 Å². The van der Waals surface area contributed by atoms with Crippen LogP contribution in [0.3, 0.4) is 0 Å². The van der Waals surface area contributed by atoms with Gasteiger partial charge in [0.2, 0.25) is 0 Å². The van der Waals surface area contributed by atoms with Crippen LogP contribution in [0.4, 0.5) is 14.5 Å². The minimum atomic E-state index is -1.16. The summed E-state index contributed by atoms with van der Waals surface area (Å²) in [6.45, 7) is 1.87. The van der Waals surface area contributed by atoms with Crippen molar-refractivity contribution in [3.63, 3.8) is 0 Å². The number of halogens is 2. The van der Waals surface area contributed by atoms with Crippen LogP contribution in [0.5, 0.6) is 0 Å². The van der Waals surface area contributed by atoms with E-state index in [9.17, 15) is 23.5 Å². The molecule has 0 spiro atoms. The van der Waals surface area contributed by atoms with Crippen LogP contribution >= 0.6 is 0 Å². The molecule has 1 aliphatic heterocycles. The van der Waals surface area contributed by atoms with E-state index < -0.39 is 29.4 Å². The largest absolute Gasteiger partial charge is 0.507 e. The summed E-state index contributed by atoms with van der Waals surface area (Å²) in [5, 5.41) is 10.9. The Morgan fingerprint density at radius 2 is 1.73 bits per heavy atom. The molecule has 1 N–H and O–H groups in total. The molecule has 0 aliphatic carbocycles. The number of aryl methyl sites for hydroxylation is 1. The zero-order chi connectivity index (χ0) is 21.4. The SMILES string of the molecule is Cc1ccc(/C(O)=C2\C(=O)C(=O)N(c3ccc(F)c(F)c3)C2c2ccccn2)cc1. The average Bonchev–Trinajstić information content (AvgIpc) is 3.01. The van der Waals surface area contributed by atoms with Crippen molar-refractivity contribution in [1.29, 1.82) is 0 Å². The Kier molecular flexibility index (Phi) is 4.87. The van der Waals surface area contributed by atoms with Gasteiger partial charge in [0, 0.05) is 23.5 Å². The van der Waals surface area contributed by atoms with Crippen LogP contribution < -0.4 is 4.90 Å². The monoisotopic (exact) mass is 406 g/mol. The molecule has 0 saturated carbocycles. The number of amides is 1. The van der Waals surface area contributed by atoms with Crippen molar-refractivity contribution in [1.82, 2.24) is 4.98 Å². The zero-order valence-electron chi connectivity index (χ0n) is 15.8. The van der Waals surface area contributed by atoms with Gasteiger partial charge in [-0.2, -0.15) is 0 Å². The fourth-order valence-corrected chi connectivity index (χ4v) is 3.42. The number of pyridine rings is 1. The highest BCUT2D eigenvalue weighted by Gasteiger charge is 2.47. The first kappa shape index (κ1) is 19.4. The van der Waals surface area contributed by atoms with Gasteiger partial charge in [0.15, 0.2) is 11.6 Å². The molecule has 1 fully saturated rings. The number of aliphatic hydroxyl groups excluding tert-OH is 1. The molecule has 0 bridgehead atoms. The van der Waals surface area contributed by atoms with E-state index in [2.05, 4.69) is 4.98 Å². The summed E-state index contributed by atoms with van der Waals surface area (Å²) in [5.41, 5.74) is 1.41. The van der Waals surface area contributed by atoms with Crippen LogP contribution in [0.25, 0.3) is 5.76 Å². The van der Waals surface area contributed by atoms with Crippen molar-refractivity contribution in [2.24, 2.45) is 0 Å². The Morgan fingerprint density at radius 1 is 1.00 bits per heavy atom. The normalized spacial score (nSPS) is 18.1. The number of hydrogen-bond donors (Lipinski definition) is 1. The molecule has 1 aliphatic rings. The number of rotatable bonds is 3. The summed E-state index contributed by atoms with van der Waals surface area (Å²) < 4.78 is 27.3. The van der Waals surface area contributed by atoms with Gasteiger partial charge in [0.05, 0.1) is 11.3 Å². The lowest BCUT2D eigenvalue weighted by atomic mass is 9.97. The minimum Gasteiger partial charge on any atom is -0.507 e. The van der Waals surface area contributed by atoms with Crippen molar-refractivity contribution in [3.05, 3.63) is 101 Å². The second-order valence-electron chi connectivity index (χ2n) is 6.89. The number of aliphatic hydroxyl groups is 1. The van der Waals surface area contributed by atoms with Gasteiger partial charge in [-0.05, 0) is 31.2 Å². The first-order chi connectivity index (χ1) is 14.4. The van der Waals surface area contributed by atoms with Crippen molar-refractivity contribution in [3.8, 4) is 0 Å². The molecule has 2 aromatic carbocycles. The number of carbonyl (C=O) groups is 2. The maximum atomic E-state index is 13.9. The quantitative estimate of drug-likeness (QED) is 0.400. The van der Waals surface area contributed by atoms with E-state index in [0.29, 0.717) is 11.3 Å². The predicted molar refractivity (Wildman–Crippen MR) is 107 cm³/mol. The van der Waals surface area contributed by atoms with Crippen LogP contribution in [0, 0.1) is 18.6 Å². The van der Waals surface area contributed by atoms with Crippen molar-refractivity contribution in [2.45, 2.75) is 13.0 Å². The number of nitrogens with zero attached hydrogens (tertiary/aromatic N) is 2. The van der Waals surface area contributed by atoms with Gasteiger partial charge >= 0.3 is 0 Å². The van der Waals surface area contributed by atoms with Crippen LogP contribution in [0.15, 0.2) is 72.4 Å². The van der Waals surface area contributed by atoms with Crippen LogP contribution in [0.1, 0.15) is 22.9 Å². The molecule has 1 atom stereocenters. The van der Waals surface area contributed by atoms with Crippen molar-refractivity contribution < 1.29 is 23.5 Å². The number of Topliss-reactive ketones (excluding diaryl/α,β-unsaturated/α-hetero) is 1. The maximum Gasteiger partial charge on any atom is 0.300 e. The molecule has 150 valence electrons. The van der Waals surface area contributed by atoms with Crippen LogP contribution in [-0.4, -0.2) is 21.8 Å². The number of benzene rings is 2. The number of ketones is 1. The highest BCUT2D eigenvalue weighted by atomic mass is 19.2. The molecule has 30 heavy (non-hydrogen) atoms. The van der Waals surface area contributed by atoms with E-state index >= 15 is 0 Å². The number of aromatic nitrogens is 1. The molecule has 1 saturated heterocycles. The first-order valence-corrected chi connectivity index (χ1v) is 9.12. The number of carbonyl (C=O) groups excluding carboxylic acids is 2. The average molecular weight is 406 g/mol. The lowest BCUT2D eigenvalue weighted by molar-refractivity contribution is -0.132. The van der Waals surface area contributed by atoms with Gasteiger partial charge in [-0.15, -0.1) is 0 Å². The standard InChI is InChI=1S/C23H16F2N2O3/c1-13-5-7-14(8-6-13)21(28)19-20(18-4-2-3-11-26-18)27(23(30)22(19)29)15-9-10-16(24)17(25)12-15/h2-12,20,28H,1H3/b21-19+. The lowest BCUT2D eigenvalue weighted by Gasteiger charge is -2.24. The second kappa shape index (κ2) is 7.51. The third-order valence-electron chi connectivity index (χ3n) is 4.92. The van der Waals surface area contributed by atoms with Gasteiger partial charge in [0.25, 0.3) is 11.7 Å². The Bertz CT molecular complexity index is 1170. The molecule has 2 heterocycles. The molecule has 1 unspecified atom stereocenters. The van der Waals surface area contributed by atoms with Gasteiger partial charge in [-0.25, -0.2) is 8.78 Å². The molecule has 5 nitrogen and oxygen atoms in total. The minimum absolute atomic E-state index is 0.0189. The molecule has 0 radical (unpaired) electrons. The van der Waals surface area contributed by atoms with Crippen molar-refractivity contribution >= 4 is 23.1 Å². The Balaban J connectivity index is 1.94. The van der Waals surface area contributed by atoms with Crippen LogP contribution in [-0.2, 0) is 9.59 Å². The van der Waals surface area contributed by atoms with Gasteiger partial charge in [0.1, 0.15) is 11.8 Å². The summed E-state index contributed by atoms with van der Waals surface area (Å²) in [5.74, 6) is -4.51. The molecule has 7 heteroatoms. The zero-order valence-corrected chi connectivity index (χ0v) is 15.8. The highest BCUT2D eigenvalue weighted by Crippen LogP contribution is 2.41. The maximum absolute atomic E-state index is 13.9. The third kappa shape index (κ3) is 3.24. The van der Waals surface area contributed by atoms with Crippen molar-refractivity contribution in [2.75, 3.05) is 4.90 Å². The van der Waals surface area contributed by atoms with Gasteiger partial charge in [-0.1, -0.05) is 35.9 Å². The van der Waals surface area contributed by atoms with E-state index in [1.54, 1.807) is 42.5 Å². The van der Waals surface area contributed by atoms with Gasteiger partial charge < -0.3 is 5.11 Å². The molecule has 1 amide bonds. The molecular weight excluding hydrogens is 390 g/mol. The third-order valence-corrected chi connectivity index (χ3v) is 4.92. The summed E-state index contributed by atoms with van der Waals surface area (Å²) in [6, 6.07) is 13.5. The Labute approximate surface area is 170 Å². The highest BCUT2D eigenvalue weighted by molar-refractivity contribution is 6.51. The van der Waals surface area contributed by atoms with Gasteiger partial charge in [-0.3, -0.25) is 19.5 Å². The molecule has 1 aromatic heterocycles. The van der Waals surface area contributed by atoms with E-state index in [4.69, 9.17) is 0 Å². The number of anilines is 1. The fraction of sp³-hybridized carbons (Fsp3) is 0.0870. The fourth-order valence-electron chi connectivity index (χ4n) is 3.42. The smallest absolute Gasteiger partial charge is 0.300 e. The van der Waals surface area contributed by atoms with Crippen LogP contribution in [0.2, 0.25) is 0 Å². The van der Waals surface area contributed by atoms with E-state index in [1.165, 1.54) is 12.3 Å². The summed E-state index contributed by atoms with van der Waals surface area (Å²) in [7, 11) is 0. The number of hydrogen-bond acceptors (Lipinski definition) is 4. The van der Waals surface area contributed by atoms with E-state index in [1.807, 2.05) is 6.92 Å². The van der Waals surface area contributed by atoms with E-state index in [0.717, 1.165) is 22.6 Å². The summed E-state index contributed by atoms with van der Waals surface area (Å²) >= 11 is 0.